The molecule has 1 atom stereocenters. The van der Waals surface area contributed by atoms with E-state index in [0.29, 0.717) is 44.1 Å². The molecule has 1 saturated heterocycles. The van der Waals surface area contributed by atoms with Crippen molar-refractivity contribution in [2.24, 2.45) is 5.92 Å². The van der Waals surface area contributed by atoms with Crippen molar-refractivity contribution in [3.8, 4) is 11.3 Å². The Hall–Kier alpha value is -1.86. The Kier molecular flexibility index (Phi) is 4.91. The zero-order valence-corrected chi connectivity index (χ0v) is 13.0. The summed E-state index contributed by atoms with van der Waals surface area (Å²) in [5.41, 5.74) is 0.934. The van der Waals surface area contributed by atoms with E-state index in [4.69, 9.17) is 4.42 Å². The zero-order chi connectivity index (χ0) is 17.2. The fourth-order valence-corrected chi connectivity index (χ4v) is 3.00. The number of piperidine rings is 1. The molecule has 1 aliphatic heterocycles. The van der Waals surface area contributed by atoms with Gasteiger partial charge in [-0.25, -0.2) is 4.98 Å². The molecule has 0 bridgehead atoms. The number of nitrogens with zero attached hydrogens (tertiary/aromatic N) is 2. The van der Waals surface area contributed by atoms with Crippen LogP contribution in [-0.4, -0.2) is 40.4 Å². The van der Waals surface area contributed by atoms with Gasteiger partial charge in [0.05, 0.1) is 12.7 Å². The molecule has 1 unspecified atom stereocenters. The highest BCUT2D eigenvalue weighted by Crippen LogP contribution is 2.32. The number of benzene rings is 1. The van der Waals surface area contributed by atoms with Gasteiger partial charge in [0.15, 0.2) is 11.9 Å². The molecule has 0 aliphatic carbocycles. The number of oxazole rings is 1. The van der Waals surface area contributed by atoms with Crippen molar-refractivity contribution < 1.29 is 22.7 Å². The number of likely N-dealkylation sites (tertiary alicyclic amines) is 1. The molecule has 2 heterocycles. The van der Waals surface area contributed by atoms with Gasteiger partial charge in [-0.05, 0) is 31.8 Å². The van der Waals surface area contributed by atoms with Crippen LogP contribution in [0.1, 0.15) is 18.7 Å². The fourth-order valence-electron chi connectivity index (χ4n) is 3.00. The number of halogens is 3. The van der Waals surface area contributed by atoms with Crippen LogP contribution in [0.3, 0.4) is 0 Å². The van der Waals surface area contributed by atoms with Crippen molar-refractivity contribution in [1.29, 1.82) is 0 Å². The van der Waals surface area contributed by atoms with Gasteiger partial charge in [0.25, 0.3) is 0 Å². The molecule has 0 saturated carbocycles. The number of rotatable bonds is 4. The Morgan fingerprint density at radius 1 is 1.21 bits per heavy atom. The van der Waals surface area contributed by atoms with Gasteiger partial charge in [0.2, 0.25) is 5.89 Å². The molecule has 0 radical (unpaired) electrons. The predicted molar refractivity (Wildman–Crippen MR) is 82.0 cm³/mol. The third kappa shape index (κ3) is 3.96. The normalized spacial score (nSPS) is 18.7. The lowest BCUT2D eigenvalue weighted by Gasteiger charge is -2.34. The van der Waals surface area contributed by atoms with Crippen LogP contribution in [0, 0.1) is 5.92 Å². The minimum Gasteiger partial charge on any atom is -0.439 e. The molecule has 1 fully saturated rings. The van der Waals surface area contributed by atoms with Gasteiger partial charge in [-0.15, -0.1) is 0 Å². The average Bonchev–Trinajstić information content (AvgIpc) is 3.03. The van der Waals surface area contributed by atoms with Gasteiger partial charge < -0.3 is 9.52 Å². The summed E-state index contributed by atoms with van der Waals surface area (Å²) in [6.07, 6.45) is -4.49. The van der Waals surface area contributed by atoms with Crippen LogP contribution in [0.4, 0.5) is 13.2 Å². The first kappa shape index (κ1) is 17.0. The first-order valence-corrected chi connectivity index (χ1v) is 7.91. The van der Waals surface area contributed by atoms with Crippen LogP contribution in [-0.2, 0) is 6.54 Å². The first-order chi connectivity index (χ1) is 11.4. The highest BCUT2D eigenvalue weighted by Gasteiger charge is 2.44. The molecule has 1 aromatic carbocycles. The predicted octanol–water partition coefficient (Wildman–Crippen LogP) is 3.48. The van der Waals surface area contributed by atoms with Crippen LogP contribution in [0.25, 0.3) is 11.3 Å². The standard InChI is InChI=1S/C17H19F3N2O2/c18-17(19,20)16(23)13-6-8-22(9-7-13)11-15-21-10-14(24-15)12-4-2-1-3-5-12/h1-5,10,13,16,23H,6-9,11H2. The summed E-state index contributed by atoms with van der Waals surface area (Å²) < 4.78 is 43.4. The van der Waals surface area contributed by atoms with Crippen molar-refractivity contribution in [2.75, 3.05) is 13.1 Å². The Balaban J connectivity index is 1.55. The largest absolute Gasteiger partial charge is 0.439 e. The maximum atomic E-state index is 12.6. The molecule has 4 nitrogen and oxygen atoms in total. The molecular weight excluding hydrogens is 321 g/mol. The fraction of sp³-hybridized carbons (Fsp3) is 0.471. The highest BCUT2D eigenvalue weighted by atomic mass is 19.4. The average molecular weight is 340 g/mol. The molecule has 3 rings (SSSR count). The molecule has 0 amide bonds. The summed E-state index contributed by atoms with van der Waals surface area (Å²) in [5.74, 6) is 0.488. The van der Waals surface area contributed by atoms with E-state index >= 15 is 0 Å². The number of alkyl halides is 3. The topological polar surface area (TPSA) is 49.5 Å². The van der Waals surface area contributed by atoms with Crippen LogP contribution in [0.5, 0.6) is 0 Å². The summed E-state index contributed by atoms with van der Waals surface area (Å²) in [6.45, 7) is 1.43. The van der Waals surface area contributed by atoms with E-state index in [-0.39, 0.29) is 0 Å². The monoisotopic (exact) mass is 340 g/mol. The first-order valence-electron chi connectivity index (χ1n) is 7.91. The lowest BCUT2D eigenvalue weighted by molar-refractivity contribution is -0.223. The quantitative estimate of drug-likeness (QED) is 0.926. The minimum absolute atomic E-state index is 0.312. The van der Waals surface area contributed by atoms with Crippen molar-refractivity contribution in [1.82, 2.24) is 9.88 Å². The van der Waals surface area contributed by atoms with E-state index in [9.17, 15) is 18.3 Å². The summed E-state index contributed by atoms with van der Waals surface area (Å²) in [4.78, 5) is 6.24. The Labute approximate surface area is 137 Å². The van der Waals surface area contributed by atoms with Gasteiger partial charge in [-0.3, -0.25) is 4.90 Å². The van der Waals surface area contributed by atoms with Gasteiger partial charge >= 0.3 is 6.18 Å². The van der Waals surface area contributed by atoms with E-state index in [1.54, 1.807) is 6.20 Å². The Bertz CT molecular complexity index is 649. The molecule has 1 aromatic heterocycles. The van der Waals surface area contributed by atoms with Crippen LogP contribution < -0.4 is 0 Å². The van der Waals surface area contributed by atoms with Crippen LogP contribution in [0.2, 0.25) is 0 Å². The Morgan fingerprint density at radius 3 is 2.50 bits per heavy atom. The lowest BCUT2D eigenvalue weighted by atomic mass is 9.91. The maximum absolute atomic E-state index is 12.6. The van der Waals surface area contributed by atoms with Gasteiger partial charge in [0, 0.05) is 5.56 Å². The SMILES string of the molecule is OC(C1CCN(Cc2ncc(-c3ccccc3)o2)CC1)C(F)(F)F. The highest BCUT2D eigenvalue weighted by molar-refractivity contribution is 5.55. The van der Waals surface area contributed by atoms with Gasteiger partial charge in [-0.1, -0.05) is 30.3 Å². The number of aromatic nitrogens is 1. The molecule has 7 heteroatoms. The molecule has 1 N–H and O–H groups in total. The third-order valence-corrected chi connectivity index (χ3v) is 4.38. The van der Waals surface area contributed by atoms with Crippen molar-refractivity contribution >= 4 is 0 Å². The van der Waals surface area contributed by atoms with E-state index in [1.165, 1.54) is 0 Å². The van der Waals surface area contributed by atoms with Crippen molar-refractivity contribution in [2.45, 2.75) is 31.7 Å². The van der Waals surface area contributed by atoms with E-state index in [1.807, 2.05) is 35.2 Å². The molecule has 24 heavy (non-hydrogen) atoms. The Morgan fingerprint density at radius 2 is 1.88 bits per heavy atom. The second-order valence-corrected chi connectivity index (χ2v) is 6.08. The number of hydrogen-bond donors (Lipinski definition) is 1. The second-order valence-electron chi connectivity index (χ2n) is 6.08. The van der Waals surface area contributed by atoms with E-state index in [0.717, 1.165) is 5.56 Å². The summed E-state index contributed by atoms with van der Waals surface area (Å²) in [6, 6.07) is 9.59. The van der Waals surface area contributed by atoms with Crippen LogP contribution in [0.15, 0.2) is 40.9 Å². The second kappa shape index (κ2) is 6.94. The molecule has 2 aromatic rings. The number of aliphatic hydroxyl groups is 1. The summed E-state index contributed by atoms with van der Waals surface area (Å²) >= 11 is 0. The lowest BCUT2D eigenvalue weighted by Crippen LogP contribution is -2.43. The molecular formula is C17H19F3N2O2. The number of aliphatic hydroxyl groups excluding tert-OH is 1. The summed E-state index contributed by atoms with van der Waals surface area (Å²) in [7, 11) is 0. The van der Waals surface area contributed by atoms with Crippen molar-refractivity contribution in [3.05, 3.63) is 42.4 Å². The van der Waals surface area contributed by atoms with Crippen molar-refractivity contribution in [3.63, 3.8) is 0 Å². The van der Waals surface area contributed by atoms with E-state index in [2.05, 4.69) is 4.98 Å². The molecule has 1 aliphatic rings. The van der Waals surface area contributed by atoms with Gasteiger partial charge in [-0.2, -0.15) is 13.2 Å². The minimum atomic E-state index is -4.54. The number of hydrogen-bond acceptors (Lipinski definition) is 4. The summed E-state index contributed by atoms with van der Waals surface area (Å²) in [5, 5.41) is 9.34. The third-order valence-electron chi connectivity index (χ3n) is 4.38. The molecule has 0 spiro atoms. The van der Waals surface area contributed by atoms with Crippen LogP contribution >= 0.6 is 0 Å². The smallest absolute Gasteiger partial charge is 0.414 e. The zero-order valence-electron chi connectivity index (χ0n) is 13.0. The molecule has 130 valence electrons. The van der Waals surface area contributed by atoms with Gasteiger partial charge in [0.1, 0.15) is 0 Å². The maximum Gasteiger partial charge on any atom is 0.414 e. The van der Waals surface area contributed by atoms with E-state index < -0.39 is 18.2 Å².